The number of carbonyl (C=O) groups excluding carboxylic acids is 1. The minimum atomic E-state index is -4.53. The van der Waals surface area contributed by atoms with Crippen molar-refractivity contribution in [2.45, 2.75) is 20.0 Å². The summed E-state index contributed by atoms with van der Waals surface area (Å²) in [6.45, 7) is 3.61. The molecule has 6 nitrogen and oxygen atoms in total. The van der Waals surface area contributed by atoms with Crippen LogP contribution in [0.25, 0.3) is 10.8 Å². The fraction of sp³-hybridized carbons (Fsp3) is 0.200. The van der Waals surface area contributed by atoms with E-state index in [1.807, 2.05) is 6.92 Å². The number of thiazole rings is 1. The van der Waals surface area contributed by atoms with Gasteiger partial charge < -0.3 is 4.42 Å². The maximum Gasteiger partial charge on any atom is 0.416 e. The lowest BCUT2D eigenvalue weighted by Gasteiger charge is -2.07. The third kappa shape index (κ3) is 3.68. The molecule has 0 saturated heterocycles. The first-order valence-electron chi connectivity index (χ1n) is 7.00. The standard InChI is InChI=1S/C15H11F3N4O2S/c1-7-11(25-8(2)19-7)13-21-22-14(24-13)20-12(23)9-4-3-5-10(6-9)15(16,17)18/h3-6H,1-2H3,(H,20,22,23). The molecule has 2 heterocycles. The number of amides is 1. The number of rotatable bonds is 3. The monoisotopic (exact) mass is 368 g/mol. The van der Waals surface area contributed by atoms with E-state index < -0.39 is 17.6 Å². The summed E-state index contributed by atoms with van der Waals surface area (Å²) in [6, 6.07) is 3.85. The summed E-state index contributed by atoms with van der Waals surface area (Å²) in [5, 5.41) is 10.6. The summed E-state index contributed by atoms with van der Waals surface area (Å²) in [4.78, 5) is 17.0. The Kier molecular flexibility index (Phi) is 4.29. The average Bonchev–Trinajstić information content (AvgIpc) is 3.12. The minimum Gasteiger partial charge on any atom is -0.402 e. The van der Waals surface area contributed by atoms with Crippen LogP contribution >= 0.6 is 11.3 Å². The molecule has 1 aromatic carbocycles. The molecular formula is C15H11F3N4O2S. The molecule has 130 valence electrons. The maximum absolute atomic E-state index is 12.7. The lowest BCUT2D eigenvalue weighted by Crippen LogP contribution is -2.14. The van der Waals surface area contributed by atoms with Crippen LogP contribution in [0.5, 0.6) is 0 Å². The molecule has 1 N–H and O–H groups in total. The first-order chi connectivity index (χ1) is 11.7. The zero-order chi connectivity index (χ0) is 18.2. The smallest absolute Gasteiger partial charge is 0.402 e. The fourth-order valence-electron chi connectivity index (χ4n) is 2.10. The Morgan fingerprint density at radius 2 is 2.00 bits per heavy atom. The van der Waals surface area contributed by atoms with Gasteiger partial charge in [-0.25, -0.2) is 4.98 Å². The first kappa shape index (κ1) is 17.1. The molecule has 0 aliphatic carbocycles. The van der Waals surface area contributed by atoms with Gasteiger partial charge >= 0.3 is 12.2 Å². The normalized spacial score (nSPS) is 11.6. The maximum atomic E-state index is 12.7. The van der Waals surface area contributed by atoms with E-state index in [0.29, 0.717) is 10.6 Å². The molecule has 0 spiro atoms. The van der Waals surface area contributed by atoms with Crippen molar-refractivity contribution < 1.29 is 22.4 Å². The summed E-state index contributed by atoms with van der Waals surface area (Å²) in [5.74, 6) is -0.596. The van der Waals surface area contributed by atoms with Gasteiger partial charge in [-0.2, -0.15) is 13.2 Å². The zero-order valence-electron chi connectivity index (χ0n) is 13.0. The lowest BCUT2D eigenvalue weighted by molar-refractivity contribution is -0.137. The van der Waals surface area contributed by atoms with Crippen LogP contribution in [0.1, 0.15) is 26.6 Å². The zero-order valence-corrected chi connectivity index (χ0v) is 13.8. The second kappa shape index (κ2) is 6.28. The number of nitrogens with one attached hydrogen (secondary N) is 1. The highest BCUT2D eigenvalue weighted by Crippen LogP contribution is 2.31. The molecule has 0 bridgehead atoms. The predicted octanol–water partition coefficient (Wildman–Crippen LogP) is 4.08. The van der Waals surface area contributed by atoms with Crippen molar-refractivity contribution in [1.29, 1.82) is 0 Å². The Bertz CT molecular complexity index is 933. The van der Waals surface area contributed by atoms with Crippen LogP contribution in [0.15, 0.2) is 28.7 Å². The largest absolute Gasteiger partial charge is 0.416 e. The van der Waals surface area contributed by atoms with Crippen LogP contribution in [0, 0.1) is 13.8 Å². The van der Waals surface area contributed by atoms with Gasteiger partial charge in [-0.3, -0.25) is 10.1 Å². The summed E-state index contributed by atoms with van der Waals surface area (Å²) >= 11 is 1.36. The van der Waals surface area contributed by atoms with Crippen LogP contribution < -0.4 is 5.32 Å². The summed E-state index contributed by atoms with van der Waals surface area (Å²) in [7, 11) is 0. The second-order valence-corrected chi connectivity index (χ2v) is 6.30. The topological polar surface area (TPSA) is 80.9 Å². The van der Waals surface area contributed by atoms with E-state index in [1.54, 1.807) is 6.92 Å². The molecule has 25 heavy (non-hydrogen) atoms. The van der Waals surface area contributed by atoms with Crippen LogP contribution in [0.2, 0.25) is 0 Å². The number of hydrogen-bond acceptors (Lipinski definition) is 6. The van der Waals surface area contributed by atoms with Gasteiger partial charge in [0.25, 0.3) is 11.8 Å². The molecule has 0 aliphatic heterocycles. The number of benzene rings is 1. The van der Waals surface area contributed by atoms with E-state index in [1.165, 1.54) is 17.4 Å². The van der Waals surface area contributed by atoms with Crippen LogP contribution in [0.3, 0.4) is 0 Å². The first-order valence-corrected chi connectivity index (χ1v) is 7.82. The predicted molar refractivity (Wildman–Crippen MR) is 84.3 cm³/mol. The molecule has 3 rings (SSSR count). The van der Waals surface area contributed by atoms with E-state index in [2.05, 4.69) is 20.5 Å². The Morgan fingerprint density at radius 1 is 1.24 bits per heavy atom. The molecule has 10 heteroatoms. The summed E-state index contributed by atoms with van der Waals surface area (Å²) < 4.78 is 43.5. The number of aryl methyl sites for hydroxylation is 2. The Hall–Kier alpha value is -2.75. The van der Waals surface area contributed by atoms with Crippen LogP contribution in [-0.2, 0) is 6.18 Å². The molecule has 0 aliphatic rings. The highest BCUT2D eigenvalue weighted by molar-refractivity contribution is 7.15. The van der Waals surface area contributed by atoms with Gasteiger partial charge in [-0.15, -0.1) is 16.4 Å². The number of nitrogens with zero attached hydrogens (tertiary/aromatic N) is 3. The van der Waals surface area contributed by atoms with Crippen LogP contribution in [0.4, 0.5) is 19.2 Å². The quantitative estimate of drug-likeness (QED) is 0.753. The minimum absolute atomic E-state index is 0.167. The van der Waals surface area contributed by atoms with Crippen molar-refractivity contribution in [2.75, 3.05) is 5.32 Å². The molecule has 0 atom stereocenters. The number of halogens is 3. The molecule has 0 unspecified atom stereocenters. The van der Waals surface area contributed by atoms with Gasteiger partial charge in [0.1, 0.15) is 4.88 Å². The van der Waals surface area contributed by atoms with Crippen molar-refractivity contribution in [2.24, 2.45) is 0 Å². The van der Waals surface area contributed by atoms with E-state index in [-0.39, 0.29) is 17.5 Å². The van der Waals surface area contributed by atoms with Gasteiger partial charge in [0.05, 0.1) is 16.3 Å². The molecule has 1 amide bonds. The van der Waals surface area contributed by atoms with Crippen molar-refractivity contribution in [3.8, 4) is 10.8 Å². The molecular weight excluding hydrogens is 357 g/mol. The van der Waals surface area contributed by atoms with Gasteiger partial charge in [0, 0.05) is 5.56 Å². The Balaban J connectivity index is 1.79. The molecule has 0 fully saturated rings. The SMILES string of the molecule is Cc1nc(C)c(-c2nnc(NC(=O)c3cccc(C(F)(F)F)c3)o2)s1. The molecule has 0 radical (unpaired) electrons. The fourth-order valence-corrected chi connectivity index (χ4v) is 2.94. The lowest BCUT2D eigenvalue weighted by atomic mass is 10.1. The van der Waals surface area contributed by atoms with Crippen molar-refractivity contribution in [3.05, 3.63) is 46.1 Å². The highest BCUT2D eigenvalue weighted by atomic mass is 32.1. The molecule has 3 aromatic rings. The third-order valence-corrected chi connectivity index (χ3v) is 4.26. The molecule has 2 aromatic heterocycles. The van der Waals surface area contributed by atoms with Crippen LogP contribution in [-0.4, -0.2) is 21.1 Å². The average molecular weight is 368 g/mol. The van der Waals surface area contributed by atoms with Crippen molar-refractivity contribution in [1.82, 2.24) is 15.2 Å². The number of alkyl halides is 3. The molecule has 0 saturated carbocycles. The van der Waals surface area contributed by atoms with Gasteiger partial charge in [-0.05, 0) is 32.0 Å². The Morgan fingerprint density at radius 3 is 2.64 bits per heavy atom. The van der Waals surface area contributed by atoms with E-state index >= 15 is 0 Å². The highest BCUT2D eigenvalue weighted by Gasteiger charge is 2.31. The Labute approximate surface area is 143 Å². The van der Waals surface area contributed by atoms with Gasteiger partial charge in [-0.1, -0.05) is 11.2 Å². The summed E-state index contributed by atoms with van der Waals surface area (Å²) in [5.41, 5.74) is -0.372. The van der Waals surface area contributed by atoms with Gasteiger partial charge in [0.15, 0.2) is 0 Å². The van der Waals surface area contributed by atoms with E-state index in [0.717, 1.165) is 23.2 Å². The van der Waals surface area contributed by atoms with Crippen molar-refractivity contribution >= 4 is 23.3 Å². The number of anilines is 1. The van der Waals surface area contributed by atoms with E-state index in [4.69, 9.17) is 4.42 Å². The summed E-state index contributed by atoms with van der Waals surface area (Å²) in [6.07, 6.45) is -4.53. The number of hydrogen-bond donors (Lipinski definition) is 1. The van der Waals surface area contributed by atoms with E-state index in [9.17, 15) is 18.0 Å². The third-order valence-electron chi connectivity index (χ3n) is 3.20. The number of carbonyl (C=O) groups is 1. The van der Waals surface area contributed by atoms with Gasteiger partial charge in [0.2, 0.25) is 0 Å². The number of aromatic nitrogens is 3. The van der Waals surface area contributed by atoms with Crippen molar-refractivity contribution in [3.63, 3.8) is 0 Å². The second-order valence-electron chi connectivity index (χ2n) is 5.09.